The maximum atomic E-state index is 4.41. The van der Waals surface area contributed by atoms with Crippen molar-refractivity contribution in [3.8, 4) is 0 Å². The molecule has 1 aliphatic rings. The van der Waals surface area contributed by atoms with E-state index >= 15 is 0 Å². The molecule has 0 saturated heterocycles. The van der Waals surface area contributed by atoms with Gasteiger partial charge in [0.15, 0.2) is 5.16 Å². The van der Waals surface area contributed by atoms with E-state index in [9.17, 15) is 0 Å². The van der Waals surface area contributed by atoms with Gasteiger partial charge >= 0.3 is 0 Å². The van der Waals surface area contributed by atoms with Crippen LogP contribution in [0.2, 0.25) is 0 Å². The van der Waals surface area contributed by atoms with E-state index in [4.69, 9.17) is 0 Å². The first-order valence-electron chi connectivity index (χ1n) is 5.76. The normalized spacial score (nSPS) is 15.1. The van der Waals surface area contributed by atoms with Gasteiger partial charge < -0.3 is 10.3 Å². The van der Waals surface area contributed by atoms with Crippen LogP contribution in [-0.2, 0) is 6.54 Å². The third-order valence-electron chi connectivity index (χ3n) is 2.67. The van der Waals surface area contributed by atoms with Gasteiger partial charge in [0.1, 0.15) is 5.03 Å². The maximum absolute atomic E-state index is 4.41. The molecule has 2 aromatic rings. The lowest BCUT2D eigenvalue weighted by molar-refractivity contribution is 0.675. The second-order valence-corrected chi connectivity index (χ2v) is 5.10. The van der Waals surface area contributed by atoms with Crippen molar-refractivity contribution in [3.63, 3.8) is 0 Å². The van der Waals surface area contributed by atoms with E-state index < -0.39 is 0 Å². The molecule has 1 saturated carbocycles. The molecule has 0 aromatic carbocycles. The second-order valence-electron chi connectivity index (χ2n) is 4.12. The topological polar surface area (TPSA) is 53.6 Å². The molecule has 2 N–H and O–H groups in total. The van der Waals surface area contributed by atoms with Crippen molar-refractivity contribution in [2.24, 2.45) is 0 Å². The number of pyridine rings is 1. The molecular formula is C12H14N4S. The van der Waals surface area contributed by atoms with Gasteiger partial charge in [0.25, 0.3) is 0 Å². The Kier molecular flexibility index (Phi) is 3.11. The SMILES string of the molecule is c1cnc(Sc2ncc[nH]2)c(CNC2CC2)c1. The van der Waals surface area contributed by atoms with Crippen LogP contribution in [-0.4, -0.2) is 21.0 Å². The van der Waals surface area contributed by atoms with E-state index in [1.807, 2.05) is 18.5 Å². The van der Waals surface area contributed by atoms with Crippen molar-refractivity contribution < 1.29 is 0 Å². The third-order valence-corrected chi connectivity index (χ3v) is 3.65. The van der Waals surface area contributed by atoms with Gasteiger partial charge in [-0.2, -0.15) is 0 Å². The van der Waals surface area contributed by atoms with Crippen molar-refractivity contribution in [1.82, 2.24) is 20.3 Å². The Hall–Kier alpha value is -1.33. The summed E-state index contributed by atoms with van der Waals surface area (Å²) in [7, 11) is 0. The van der Waals surface area contributed by atoms with Crippen LogP contribution in [0.3, 0.4) is 0 Å². The van der Waals surface area contributed by atoms with Crippen molar-refractivity contribution in [3.05, 3.63) is 36.3 Å². The summed E-state index contributed by atoms with van der Waals surface area (Å²) in [6.07, 6.45) is 8.02. The van der Waals surface area contributed by atoms with Gasteiger partial charge in [-0.3, -0.25) is 0 Å². The smallest absolute Gasteiger partial charge is 0.171 e. The van der Waals surface area contributed by atoms with E-state index in [-0.39, 0.29) is 0 Å². The highest BCUT2D eigenvalue weighted by molar-refractivity contribution is 7.99. The summed E-state index contributed by atoms with van der Waals surface area (Å²) < 4.78 is 0. The van der Waals surface area contributed by atoms with Gasteiger partial charge in [-0.15, -0.1) is 0 Å². The Morgan fingerprint density at radius 1 is 1.35 bits per heavy atom. The molecule has 4 nitrogen and oxygen atoms in total. The first kappa shape index (κ1) is 10.8. The summed E-state index contributed by atoms with van der Waals surface area (Å²) >= 11 is 1.58. The van der Waals surface area contributed by atoms with E-state index in [2.05, 4.69) is 26.3 Å². The van der Waals surface area contributed by atoms with Crippen LogP contribution in [0.1, 0.15) is 18.4 Å². The highest BCUT2D eigenvalue weighted by atomic mass is 32.2. The molecule has 1 aliphatic carbocycles. The Balaban J connectivity index is 1.72. The summed E-state index contributed by atoms with van der Waals surface area (Å²) in [5.41, 5.74) is 1.24. The number of hydrogen-bond acceptors (Lipinski definition) is 4. The Morgan fingerprint density at radius 2 is 2.29 bits per heavy atom. The van der Waals surface area contributed by atoms with E-state index in [1.165, 1.54) is 18.4 Å². The summed E-state index contributed by atoms with van der Waals surface area (Å²) in [5.74, 6) is 0. The molecule has 0 spiro atoms. The first-order valence-corrected chi connectivity index (χ1v) is 6.58. The van der Waals surface area contributed by atoms with Crippen molar-refractivity contribution in [2.45, 2.75) is 35.6 Å². The number of imidazole rings is 1. The highest BCUT2D eigenvalue weighted by Crippen LogP contribution is 2.26. The Labute approximate surface area is 104 Å². The summed E-state index contributed by atoms with van der Waals surface area (Å²) in [5, 5.41) is 5.42. The van der Waals surface area contributed by atoms with Crippen LogP contribution in [0.5, 0.6) is 0 Å². The Morgan fingerprint density at radius 3 is 3.06 bits per heavy atom. The van der Waals surface area contributed by atoms with Crippen LogP contribution in [0, 0.1) is 0 Å². The maximum Gasteiger partial charge on any atom is 0.171 e. The molecule has 2 heterocycles. The zero-order chi connectivity index (χ0) is 11.5. The average molecular weight is 246 g/mol. The molecule has 0 radical (unpaired) electrons. The quantitative estimate of drug-likeness (QED) is 0.849. The molecule has 0 amide bonds. The lowest BCUT2D eigenvalue weighted by Gasteiger charge is -2.07. The van der Waals surface area contributed by atoms with Gasteiger partial charge in [0.2, 0.25) is 0 Å². The molecular weight excluding hydrogens is 232 g/mol. The lowest BCUT2D eigenvalue weighted by atomic mass is 10.3. The zero-order valence-corrected chi connectivity index (χ0v) is 10.2. The van der Waals surface area contributed by atoms with Crippen LogP contribution in [0.4, 0.5) is 0 Å². The van der Waals surface area contributed by atoms with Gasteiger partial charge in [-0.1, -0.05) is 6.07 Å². The third kappa shape index (κ3) is 2.87. The number of nitrogens with one attached hydrogen (secondary N) is 2. The fraction of sp³-hybridized carbons (Fsp3) is 0.333. The second kappa shape index (κ2) is 4.89. The number of rotatable bonds is 5. The molecule has 0 atom stereocenters. The predicted molar refractivity (Wildman–Crippen MR) is 66.8 cm³/mol. The van der Waals surface area contributed by atoms with Crippen LogP contribution >= 0.6 is 11.8 Å². The fourth-order valence-corrected chi connectivity index (χ4v) is 2.40. The largest absolute Gasteiger partial charge is 0.339 e. The summed E-state index contributed by atoms with van der Waals surface area (Å²) in [6, 6.07) is 4.82. The standard InChI is InChI=1S/C12H14N4S/c1-2-9(8-16-10-3-4-10)11(13-5-1)17-12-14-6-7-15-12/h1-2,5-7,10,16H,3-4,8H2,(H,14,15). The fourth-order valence-electron chi connectivity index (χ4n) is 1.59. The van der Waals surface area contributed by atoms with Crippen LogP contribution in [0.25, 0.3) is 0 Å². The minimum atomic E-state index is 0.719. The van der Waals surface area contributed by atoms with Gasteiger partial charge in [0.05, 0.1) is 0 Å². The monoisotopic (exact) mass is 246 g/mol. The van der Waals surface area contributed by atoms with Crippen LogP contribution in [0.15, 0.2) is 40.9 Å². The van der Waals surface area contributed by atoms with Crippen molar-refractivity contribution >= 4 is 11.8 Å². The number of aromatic amines is 1. The van der Waals surface area contributed by atoms with Crippen molar-refractivity contribution in [1.29, 1.82) is 0 Å². The molecule has 17 heavy (non-hydrogen) atoms. The molecule has 0 aliphatic heterocycles. The van der Waals surface area contributed by atoms with E-state index in [0.29, 0.717) is 0 Å². The first-order chi connectivity index (χ1) is 8.42. The molecule has 0 bridgehead atoms. The summed E-state index contributed by atoms with van der Waals surface area (Å²) in [6.45, 7) is 0.890. The highest BCUT2D eigenvalue weighted by Gasteiger charge is 2.20. The molecule has 1 fully saturated rings. The number of hydrogen-bond donors (Lipinski definition) is 2. The molecule has 0 unspecified atom stereocenters. The van der Waals surface area contributed by atoms with Crippen LogP contribution < -0.4 is 5.32 Å². The van der Waals surface area contributed by atoms with Gasteiger partial charge in [-0.25, -0.2) is 9.97 Å². The molecule has 3 rings (SSSR count). The zero-order valence-electron chi connectivity index (χ0n) is 9.39. The molecule has 5 heteroatoms. The van der Waals surface area contributed by atoms with Gasteiger partial charge in [-0.05, 0) is 36.2 Å². The van der Waals surface area contributed by atoms with Crippen molar-refractivity contribution in [2.75, 3.05) is 0 Å². The number of aromatic nitrogens is 3. The summed E-state index contributed by atoms with van der Waals surface area (Å²) in [4.78, 5) is 11.7. The minimum absolute atomic E-state index is 0.719. The molecule has 88 valence electrons. The number of nitrogens with zero attached hydrogens (tertiary/aromatic N) is 2. The molecule has 2 aromatic heterocycles. The predicted octanol–water partition coefficient (Wildman–Crippen LogP) is 2.21. The number of H-pyrrole nitrogens is 1. The lowest BCUT2D eigenvalue weighted by Crippen LogP contribution is -2.16. The van der Waals surface area contributed by atoms with E-state index in [0.717, 1.165) is 22.8 Å². The average Bonchev–Trinajstić information content (AvgIpc) is 3.05. The minimum Gasteiger partial charge on any atom is -0.339 e. The van der Waals surface area contributed by atoms with Gasteiger partial charge in [0, 0.05) is 31.2 Å². The van der Waals surface area contributed by atoms with E-state index in [1.54, 1.807) is 18.0 Å². The Bertz CT molecular complexity index is 479.